The second kappa shape index (κ2) is 8.57. The predicted octanol–water partition coefficient (Wildman–Crippen LogP) is 4.42. The summed E-state index contributed by atoms with van der Waals surface area (Å²) in [5.74, 6) is 0.372. The Morgan fingerprint density at radius 2 is 1.36 bits per heavy atom. The van der Waals surface area contributed by atoms with E-state index in [1.54, 1.807) is 12.1 Å². The van der Waals surface area contributed by atoms with Gasteiger partial charge in [-0.15, -0.1) is 0 Å². The van der Waals surface area contributed by atoms with Crippen LogP contribution in [0, 0.1) is 5.82 Å². The van der Waals surface area contributed by atoms with E-state index in [9.17, 15) is 4.39 Å². The molecule has 3 aromatic rings. The molecule has 3 aromatic carbocycles. The molecule has 1 aliphatic rings. The van der Waals surface area contributed by atoms with Crippen molar-refractivity contribution in [1.82, 2.24) is 4.90 Å². The number of hydrogen-bond donors (Lipinski definition) is 1. The van der Waals surface area contributed by atoms with Crippen LogP contribution in [0.25, 0.3) is 0 Å². The van der Waals surface area contributed by atoms with E-state index in [-0.39, 0.29) is 5.82 Å². The maximum absolute atomic E-state index is 14.5. The van der Waals surface area contributed by atoms with Gasteiger partial charge in [-0.2, -0.15) is 5.10 Å². The first kappa shape index (κ1) is 18.0. The molecule has 4 rings (SSSR count). The monoisotopic (exact) mass is 374 g/mol. The Balaban J connectivity index is 1.55. The van der Waals surface area contributed by atoms with Crippen LogP contribution in [0.4, 0.5) is 15.8 Å². The molecule has 0 atom stereocenters. The first-order valence-corrected chi connectivity index (χ1v) is 9.50. The molecule has 4 nitrogen and oxygen atoms in total. The van der Waals surface area contributed by atoms with Crippen LogP contribution in [0.1, 0.15) is 5.56 Å². The molecular formula is C23H23FN4. The maximum Gasteiger partial charge on any atom is 0.159 e. The summed E-state index contributed by atoms with van der Waals surface area (Å²) in [5.41, 5.74) is 5.68. The molecule has 0 unspecified atom stereocenters. The van der Waals surface area contributed by atoms with E-state index in [4.69, 9.17) is 0 Å². The Bertz CT molecular complexity index is 920. The van der Waals surface area contributed by atoms with E-state index in [0.29, 0.717) is 11.4 Å². The molecule has 1 saturated heterocycles. The van der Waals surface area contributed by atoms with E-state index in [1.165, 1.54) is 11.8 Å². The summed E-state index contributed by atoms with van der Waals surface area (Å²) >= 11 is 0. The van der Waals surface area contributed by atoms with Gasteiger partial charge in [-0.1, -0.05) is 48.5 Å². The van der Waals surface area contributed by atoms with Gasteiger partial charge in [0.2, 0.25) is 0 Å². The molecule has 0 aromatic heterocycles. The summed E-state index contributed by atoms with van der Waals surface area (Å²) < 4.78 is 14.5. The van der Waals surface area contributed by atoms with Gasteiger partial charge in [0.15, 0.2) is 5.84 Å². The molecular weight excluding hydrogens is 351 g/mol. The summed E-state index contributed by atoms with van der Waals surface area (Å²) in [7, 11) is 0. The zero-order chi connectivity index (χ0) is 19.2. The highest BCUT2D eigenvalue weighted by molar-refractivity contribution is 5.99. The fourth-order valence-corrected chi connectivity index (χ4v) is 3.39. The molecule has 142 valence electrons. The zero-order valence-corrected chi connectivity index (χ0v) is 15.6. The van der Waals surface area contributed by atoms with E-state index < -0.39 is 0 Å². The number of halogens is 1. The van der Waals surface area contributed by atoms with Crippen LogP contribution >= 0.6 is 0 Å². The lowest BCUT2D eigenvalue weighted by Gasteiger charge is -2.37. The van der Waals surface area contributed by atoms with Crippen LogP contribution in [0.2, 0.25) is 0 Å². The Kier molecular flexibility index (Phi) is 5.52. The Morgan fingerprint density at radius 3 is 2.04 bits per heavy atom. The second-order valence-corrected chi connectivity index (χ2v) is 6.70. The molecule has 1 N–H and O–H groups in total. The van der Waals surface area contributed by atoms with Gasteiger partial charge in [-0.05, 0) is 36.4 Å². The highest BCUT2D eigenvalue weighted by atomic mass is 19.1. The average molecular weight is 374 g/mol. The Labute approximate surface area is 164 Å². The number of hydrogen-bond acceptors (Lipinski definition) is 3. The molecule has 0 saturated carbocycles. The van der Waals surface area contributed by atoms with Crippen LogP contribution in [-0.2, 0) is 0 Å². The molecule has 1 fully saturated rings. The largest absolute Gasteiger partial charge is 0.368 e. The summed E-state index contributed by atoms with van der Waals surface area (Å²) in [6.45, 7) is 3.28. The van der Waals surface area contributed by atoms with Gasteiger partial charge in [0.1, 0.15) is 5.82 Å². The minimum absolute atomic E-state index is 0.262. The molecule has 0 amide bonds. The molecule has 5 heteroatoms. The van der Waals surface area contributed by atoms with Gasteiger partial charge < -0.3 is 9.80 Å². The highest BCUT2D eigenvalue weighted by Gasteiger charge is 2.23. The SMILES string of the molecule is Fc1ccccc1/C(=N\Nc1ccccc1)N1CCN(c2ccccc2)CC1. The average Bonchev–Trinajstić information content (AvgIpc) is 2.77. The lowest BCUT2D eigenvalue weighted by Crippen LogP contribution is -2.49. The Morgan fingerprint density at radius 1 is 0.750 bits per heavy atom. The maximum atomic E-state index is 14.5. The topological polar surface area (TPSA) is 30.9 Å². The third kappa shape index (κ3) is 4.14. The van der Waals surface area contributed by atoms with Crippen LogP contribution in [-0.4, -0.2) is 36.9 Å². The number of amidine groups is 1. The van der Waals surface area contributed by atoms with E-state index in [1.807, 2.05) is 42.5 Å². The van der Waals surface area contributed by atoms with Crippen molar-refractivity contribution >= 4 is 17.2 Å². The smallest absolute Gasteiger partial charge is 0.159 e. The van der Waals surface area contributed by atoms with E-state index >= 15 is 0 Å². The van der Waals surface area contributed by atoms with Crippen molar-refractivity contribution in [3.05, 3.63) is 96.3 Å². The zero-order valence-electron chi connectivity index (χ0n) is 15.6. The van der Waals surface area contributed by atoms with Gasteiger partial charge in [0, 0.05) is 31.9 Å². The molecule has 0 bridgehead atoms. The third-order valence-electron chi connectivity index (χ3n) is 4.88. The van der Waals surface area contributed by atoms with Crippen molar-refractivity contribution in [3.8, 4) is 0 Å². The standard InChI is InChI=1S/C23H23FN4/c24-22-14-8-7-13-21(22)23(26-25-19-9-3-1-4-10-19)28-17-15-27(16-18-28)20-11-5-2-6-12-20/h1-14,25H,15-18H2/b26-23+. The van der Waals surface area contributed by atoms with Crippen LogP contribution in [0.5, 0.6) is 0 Å². The number of piperazine rings is 1. The van der Waals surface area contributed by atoms with Gasteiger partial charge in [-0.3, -0.25) is 5.43 Å². The molecule has 28 heavy (non-hydrogen) atoms. The molecule has 0 radical (unpaired) electrons. The number of hydrazone groups is 1. The first-order chi connectivity index (χ1) is 13.8. The Hall–Kier alpha value is -3.34. The van der Waals surface area contributed by atoms with Crippen molar-refractivity contribution in [1.29, 1.82) is 0 Å². The molecule has 1 aliphatic heterocycles. The number of rotatable bonds is 4. The van der Waals surface area contributed by atoms with Crippen molar-refractivity contribution < 1.29 is 4.39 Å². The summed E-state index contributed by atoms with van der Waals surface area (Å²) in [5, 5.41) is 4.58. The van der Waals surface area contributed by atoms with E-state index in [0.717, 1.165) is 31.9 Å². The minimum Gasteiger partial charge on any atom is -0.368 e. The van der Waals surface area contributed by atoms with Gasteiger partial charge in [-0.25, -0.2) is 4.39 Å². The van der Waals surface area contributed by atoms with Crippen molar-refractivity contribution in [2.24, 2.45) is 5.10 Å². The molecule has 0 spiro atoms. The van der Waals surface area contributed by atoms with Gasteiger partial charge in [0.25, 0.3) is 0 Å². The van der Waals surface area contributed by atoms with Crippen molar-refractivity contribution in [2.45, 2.75) is 0 Å². The quantitative estimate of drug-likeness (QED) is 0.417. The second-order valence-electron chi connectivity index (χ2n) is 6.70. The fourth-order valence-electron chi connectivity index (χ4n) is 3.39. The van der Waals surface area contributed by atoms with Gasteiger partial charge in [0.05, 0.1) is 11.3 Å². The predicted molar refractivity (Wildman–Crippen MR) is 113 cm³/mol. The number of para-hydroxylation sites is 2. The van der Waals surface area contributed by atoms with Crippen LogP contribution in [0.3, 0.4) is 0 Å². The third-order valence-corrected chi connectivity index (χ3v) is 4.88. The summed E-state index contributed by atoms with van der Waals surface area (Å²) in [4.78, 5) is 4.49. The number of nitrogens with one attached hydrogen (secondary N) is 1. The number of anilines is 2. The normalized spacial score (nSPS) is 14.8. The minimum atomic E-state index is -0.262. The van der Waals surface area contributed by atoms with Crippen molar-refractivity contribution in [3.63, 3.8) is 0 Å². The van der Waals surface area contributed by atoms with Crippen LogP contribution < -0.4 is 10.3 Å². The van der Waals surface area contributed by atoms with Gasteiger partial charge >= 0.3 is 0 Å². The fraction of sp³-hybridized carbons (Fsp3) is 0.174. The molecule has 0 aliphatic carbocycles. The van der Waals surface area contributed by atoms with E-state index in [2.05, 4.69) is 44.6 Å². The number of nitrogens with zero attached hydrogens (tertiary/aromatic N) is 3. The lowest BCUT2D eigenvalue weighted by molar-refractivity contribution is 0.384. The summed E-state index contributed by atoms with van der Waals surface area (Å²) in [6, 6.07) is 26.9. The summed E-state index contributed by atoms with van der Waals surface area (Å²) in [6.07, 6.45) is 0. The lowest BCUT2D eigenvalue weighted by atomic mass is 10.1. The van der Waals surface area contributed by atoms with Crippen molar-refractivity contribution in [2.75, 3.05) is 36.5 Å². The first-order valence-electron chi connectivity index (χ1n) is 9.50. The highest BCUT2D eigenvalue weighted by Crippen LogP contribution is 2.19. The van der Waals surface area contributed by atoms with Crippen LogP contribution in [0.15, 0.2) is 90.0 Å². The molecule has 1 heterocycles. The number of benzene rings is 3.